The standard InChI is InChI=1S/C44H56O6Si21/c1-34(45)48-41-20-10-8-16-35(41)18-14-32-64(3,4)63-69(60,61)70(62,66(51,52)53)71(67(54,55)56,68(57,58)59)65(5,6)33-15-19-36-17-9-11-21-42(36)50-43(46)49-40-28-24-38(25-29-40)44(30-12-7-13-31-44)37-22-26-39(47-2)27-23-37/h8-11,16-17,20-29H,7,12-15,18-19,30-33H2,1-6H3. The molecule has 0 spiro atoms. The van der Waals surface area contributed by atoms with Gasteiger partial charge in [-0.25, -0.2) is 4.79 Å². The van der Waals surface area contributed by atoms with Gasteiger partial charge in [0.2, 0.25) is 0 Å². The van der Waals surface area contributed by atoms with Gasteiger partial charge in [-0.1, -0.05) is 131 Å². The van der Waals surface area contributed by atoms with Gasteiger partial charge in [-0.3, -0.25) is 4.79 Å². The molecule has 1 aliphatic rings. The van der Waals surface area contributed by atoms with E-state index in [0.29, 0.717) is 17.2 Å². The number of benzene rings is 4. The highest BCUT2D eigenvalue weighted by Crippen LogP contribution is 2.46. The van der Waals surface area contributed by atoms with Crippen molar-refractivity contribution < 1.29 is 28.5 Å². The van der Waals surface area contributed by atoms with Gasteiger partial charge in [0.05, 0.1) is 7.11 Å². The van der Waals surface area contributed by atoms with Crippen molar-refractivity contribution in [3.05, 3.63) is 119 Å². The Morgan fingerprint density at radius 2 is 1.01 bits per heavy atom. The van der Waals surface area contributed by atoms with Crippen LogP contribution in [0, 0.1) is 0 Å². The summed E-state index contributed by atoms with van der Waals surface area (Å²) in [5.41, 5.74) is 4.44. The van der Waals surface area contributed by atoms with Crippen molar-refractivity contribution in [1.82, 2.24) is 0 Å². The molecule has 0 amide bonds. The largest absolute Gasteiger partial charge is 0.519 e. The molecule has 0 N–H and O–H groups in total. The molecule has 4 aromatic rings. The summed E-state index contributed by atoms with van der Waals surface area (Å²) in [5, 5.41) is 0. The van der Waals surface area contributed by atoms with Crippen LogP contribution in [-0.4, -0.2) is 197 Å². The third-order valence-corrected chi connectivity index (χ3v) is 294. The lowest BCUT2D eigenvalue weighted by molar-refractivity contribution is -0.131. The molecule has 0 saturated heterocycles. The number of carbonyl (C=O) groups is 2. The maximum atomic E-state index is 13.5. The van der Waals surface area contributed by atoms with Crippen molar-refractivity contribution >= 4 is 190 Å². The maximum Gasteiger partial charge on any atom is 0.519 e. The van der Waals surface area contributed by atoms with Crippen molar-refractivity contribution in [3.63, 3.8) is 0 Å². The molecule has 38 radical (unpaired) electrons. The van der Waals surface area contributed by atoms with Gasteiger partial charge in [-0.2, -0.15) is 0 Å². The number of esters is 1. The van der Waals surface area contributed by atoms with Gasteiger partial charge < -0.3 is 18.9 Å². The molecule has 1 saturated carbocycles. The third kappa shape index (κ3) is 14.0. The number of hydrogen-bond acceptors (Lipinski definition) is 6. The van der Waals surface area contributed by atoms with Crippen LogP contribution < -0.4 is 18.9 Å². The van der Waals surface area contributed by atoms with Crippen molar-refractivity contribution in [2.45, 2.75) is 108 Å². The monoisotopic (exact) mass is 1270 g/mol. The second-order valence-corrected chi connectivity index (χ2v) is 157. The zero-order valence-corrected chi connectivity index (χ0v) is 62.5. The Morgan fingerprint density at radius 3 is 1.46 bits per heavy atom. The SMILES string of the molecule is COc1ccc(C2(c3ccc(OC(=O)Oc4ccccc4CCC[Si](C)(C)[Si]([Si]([Si])([Si])[Si])([Si]([Si])([Si])[Si])[Si]([Si])([Si]([Si])([Si])[Si])[Si]([Si])([Si])[Si][Si](C)(C)CCCc4ccccc4OC(C)=O)cc3)CCCCC2)cc1. The fraction of sp³-hybridized carbons (Fsp3) is 0.409. The van der Waals surface area contributed by atoms with E-state index in [-0.39, 0.29) is 11.4 Å². The van der Waals surface area contributed by atoms with Gasteiger partial charge in [0.25, 0.3) is 0 Å². The highest BCUT2D eigenvalue weighted by atomic mass is 30.8. The van der Waals surface area contributed by atoms with E-state index in [0.717, 1.165) is 88.9 Å². The van der Waals surface area contributed by atoms with E-state index >= 15 is 0 Å². The zero-order chi connectivity index (χ0) is 52.9. The Kier molecular flexibility index (Phi) is 21.6. The molecular weight excluding hydrogens is 1210 g/mol. The normalized spacial score (nSPS) is 15.9. The first-order chi connectivity index (χ1) is 32.9. The maximum absolute atomic E-state index is 13.5. The van der Waals surface area contributed by atoms with Gasteiger partial charge in [0.1, 0.15) is 23.0 Å². The van der Waals surface area contributed by atoms with Crippen LogP contribution in [0.1, 0.15) is 74.1 Å². The molecular formula is C44H56O6Si21. The number of methoxy groups -OCH3 is 1. The lowest BCUT2D eigenvalue weighted by atomic mass is 9.65. The minimum atomic E-state index is -2.76. The van der Waals surface area contributed by atoms with Crippen LogP contribution in [0.15, 0.2) is 97.1 Å². The molecule has 5 rings (SSSR count). The molecule has 1 unspecified atom stereocenters. The van der Waals surface area contributed by atoms with E-state index in [1.54, 1.807) is 7.11 Å². The highest BCUT2D eigenvalue weighted by Gasteiger charge is 2.76. The molecule has 6 nitrogen and oxygen atoms in total. The van der Waals surface area contributed by atoms with Crippen molar-refractivity contribution in [3.8, 4) is 23.0 Å². The fourth-order valence-corrected chi connectivity index (χ4v) is 614. The molecule has 4 aromatic carbocycles. The topological polar surface area (TPSA) is 71.1 Å². The summed E-state index contributed by atoms with van der Waals surface area (Å²) in [6.45, 7) is 11.7. The predicted molar refractivity (Wildman–Crippen MR) is 325 cm³/mol. The second kappa shape index (κ2) is 24.8. The first kappa shape index (κ1) is 61.8. The average Bonchev–Trinajstić information content (AvgIpc) is 3.26. The van der Waals surface area contributed by atoms with E-state index < -0.39 is 58.2 Å². The van der Waals surface area contributed by atoms with Gasteiger partial charge in [0, 0.05) is 190 Å². The van der Waals surface area contributed by atoms with Crippen LogP contribution in [0.25, 0.3) is 0 Å². The molecule has 1 aliphatic carbocycles. The van der Waals surface area contributed by atoms with Gasteiger partial charge >= 0.3 is 12.1 Å². The summed E-state index contributed by atoms with van der Waals surface area (Å²) in [5.74, 6) is 2.15. The van der Waals surface area contributed by atoms with Crippen LogP contribution in [0.5, 0.6) is 23.0 Å². The molecule has 1 atom stereocenters. The Bertz CT molecular complexity index is 2420. The molecule has 0 aliphatic heterocycles. The number of aryl methyl sites for hydroxylation is 2. The Labute approximate surface area is 471 Å². The molecule has 71 heavy (non-hydrogen) atoms. The minimum Gasteiger partial charge on any atom is -0.497 e. The summed E-state index contributed by atoms with van der Waals surface area (Å²) in [6.07, 6.45) is -7.44. The number of para-hydroxylation sites is 2. The second-order valence-electron chi connectivity index (χ2n) is 20.3. The lowest BCUT2D eigenvalue weighted by Crippen LogP contribution is -3.10. The Balaban J connectivity index is 1.36. The number of hydrogen-bond donors (Lipinski definition) is 0. The van der Waals surface area contributed by atoms with Crippen LogP contribution in [0.2, 0.25) is 38.3 Å². The molecule has 0 aromatic heterocycles. The smallest absolute Gasteiger partial charge is 0.497 e. The molecule has 1 fully saturated rings. The molecule has 0 bridgehead atoms. The van der Waals surface area contributed by atoms with Gasteiger partial charge in [-0.05, 0) is 84.3 Å². The van der Waals surface area contributed by atoms with Gasteiger partial charge in [0.15, 0.2) is 0 Å². The quantitative estimate of drug-likeness (QED) is 0.0508. The Hall–Kier alpha value is -0.0255. The van der Waals surface area contributed by atoms with E-state index in [2.05, 4.69) is 150 Å². The summed E-state index contributed by atoms with van der Waals surface area (Å²) in [4.78, 5) is 25.4. The lowest BCUT2D eigenvalue weighted by Gasteiger charge is -2.74. The van der Waals surface area contributed by atoms with Crippen LogP contribution >= 0.6 is 0 Å². The van der Waals surface area contributed by atoms with Crippen LogP contribution in [-0.2, 0) is 23.1 Å². The average molecular weight is 1270 g/mol. The Morgan fingerprint density at radius 1 is 0.563 bits per heavy atom. The summed E-state index contributed by atoms with van der Waals surface area (Å²) < 4.78 is 22.9. The molecule has 27 heteroatoms. The van der Waals surface area contributed by atoms with E-state index in [4.69, 9.17) is 48.2 Å². The molecule has 0 heterocycles. The third-order valence-electron chi connectivity index (χ3n) is 14.2. The van der Waals surface area contributed by atoms with Crippen LogP contribution in [0.3, 0.4) is 0 Å². The number of ether oxygens (including phenoxy) is 4. The summed E-state index contributed by atoms with van der Waals surface area (Å²) >= 11 is 0. The summed E-state index contributed by atoms with van der Waals surface area (Å²) in [7, 11) is 53.3. The van der Waals surface area contributed by atoms with Crippen molar-refractivity contribution in [2.75, 3.05) is 7.11 Å². The highest BCUT2D eigenvalue weighted by molar-refractivity contribution is 8.46. The van der Waals surface area contributed by atoms with E-state index in [1.807, 2.05) is 60.7 Å². The van der Waals surface area contributed by atoms with Crippen molar-refractivity contribution in [1.29, 1.82) is 0 Å². The number of rotatable bonds is 22. The predicted octanol–water partition coefficient (Wildman–Crippen LogP) is 4.27. The first-order valence-corrected chi connectivity index (χ1v) is 69.1. The minimum absolute atomic E-state index is 0.0976. The zero-order valence-electron chi connectivity index (χ0n) is 41.5. The molecule has 352 valence electrons. The van der Waals surface area contributed by atoms with Gasteiger partial charge in [-0.15, -0.1) is 0 Å². The fourth-order valence-electron chi connectivity index (χ4n) is 11.1. The van der Waals surface area contributed by atoms with E-state index in [1.165, 1.54) is 24.5 Å². The van der Waals surface area contributed by atoms with Crippen molar-refractivity contribution in [2.24, 2.45) is 0 Å². The van der Waals surface area contributed by atoms with Crippen LogP contribution in [0.4, 0.5) is 4.79 Å². The number of carbonyl (C=O) groups excluding carboxylic acids is 2. The first-order valence-electron chi connectivity index (χ1n) is 23.7. The summed E-state index contributed by atoms with van der Waals surface area (Å²) in [6, 6.07) is 34.3. The van der Waals surface area contributed by atoms with E-state index in [9.17, 15) is 9.59 Å².